The monoisotopic (exact) mass is 584 g/mol. The third-order valence-electron chi connectivity index (χ3n) is 8.25. The summed E-state index contributed by atoms with van der Waals surface area (Å²) in [5, 5.41) is 23.2. The Balaban J connectivity index is 1.87. The fourth-order valence-electron chi connectivity index (χ4n) is 5.68. The van der Waals surface area contributed by atoms with Crippen molar-refractivity contribution in [3.63, 3.8) is 0 Å². The molecule has 0 bridgehead atoms. The van der Waals surface area contributed by atoms with E-state index in [0.717, 1.165) is 33.5 Å². The maximum atomic E-state index is 12.4. The summed E-state index contributed by atoms with van der Waals surface area (Å²) in [4.78, 5) is 58.6. The molecular formula is C33H36N4O6. The Morgan fingerprint density at radius 3 is 2.07 bits per heavy atom. The number of carboxylic acid groups (broad SMARTS) is 2. The predicted octanol–water partition coefficient (Wildman–Crippen LogP) is 2.63. The van der Waals surface area contributed by atoms with Crippen LogP contribution >= 0.6 is 0 Å². The van der Waals surface area contributed by atoms with Crippen LogP contribution in [0.15, 0.2) is 52.6 Å². The van der Waals surface area contributed by atoms with Crippen LogP contribution in [0.4, 0.5) is 0 Å². The summed E-state index contributed by atoms with van der Waals surface area (Å²) in [7, 11) is 0. The number of aliphatic carboxylic acids is 2. The lowest BCUT2D eigenvalue weighted by molar-refractivity contribution is -0.138. The lowest BCUT2D eigenvalue weighted by Crippen LogP contribution is -2.30. The van der Waals surface area contributed by atoms with E-state index < -0.39 is 11.9 Å². The number of carbonyl (C=O) groups excluding carboxylic acids is 2. The van der Waals surface area contributed by atoms with E-state index in [-0.39, 0.29) is 43.5 Å². The molecule has 224 valence electrons. The summed E-state index contributed by atoms with van der Waals surface area (Å²) in [5.41, 5.74) is 7.95. The van der Waals surface area contributed by atoms with Gasteiger partial charge in [-0.05, 0) is 80.5 Å². The fourth-order valence-corrected chi connectivity index (χ4v) is 5.68. The van der Waals surface area contributed by atoms with Crippen molar-refractivity contribution < 1.29 is 29.4 Å². The third kappa shape index (κ3) is 6.28. The van der Waals surface area contributed by atoms with Crippen molar-refractivity contribution in [1.29, 1.82) is 0 Å². The number of hydrogen-bond donors (Lipinski definition) is 5. The number of rotatable bonds is 12. The molecule has 10 nitrogen and oxygen atoms in total. The maximum absolute atomic E-state index is 12.4. The molecule has 2 aliphatic rings. The number of nitrogens with one attached hydrogen (secondary N) is 3. The molecule has 0 fully saturated rings. The Hall–Kier alpha value is -4.99. The van der Waals surface area contributed by atoms with E-state index in [0.29, 0.717) is 45.2 Å². The van der Waals surface area contributed by atoms with Crippen LogP contribution in [0.1, 0.15) is 60.3 Å². The summed E-state index contributed by atoms with van der Waals surface area (Å²) >= 11 is 0. The van der Waals surface area contributed by atoms with Crippen LogP contribution in [0.2, 0.25) is 0 Å². The number of aromatic amines is 2. The standard InChI is InChI=1S/C33H36N4O6/c1-7-20-19(6)32(42)37-27(20)14-25-18(5)23(10-12-31(40)41)29(35-25)15-28-22(9-11-30(38)39)17(4)24(34-28)13-26-16(3)21(8-2)33(43)36-26/h7-8,14-15,26,34-35H,1-2,9-13H2,3-6H3,(H,36,43)(H,38,39)(H,40,41)/b25-14-,29-15+. The van der Waals surface area contributed by atoms with Gasteiger partial charge in [0.05, 0.1) is 11.8 Å². The Labute approximate surface area is 249 Å². The zero-order valence-electron chi connectivity index (χ0n) is 24.8. The number of H-pyrrole nitrogens is 2. The highest BCUT2D eigenvalue weighted by atomic mass is 16.4. The van der Waals surface area contributed by atoms with Gasteiger partial charge in [0.2, 0.25) is 0 Å². The van der Waals surface area contributed by atoms with Crippen molar-refractivity contribution in [2.24, 2.45) is 4.99 Å². The van der Waals surface area contributed by atoms with Crippen LogP contribution in [0.25, 0.3) is 12.2 Å². The predicted molar refractivity (Wildman–Crippen MR) is 164 cm³/mol. The van der Waals surface area contributed by atoms with Crippen LogP contribution in [-0.4, -0.2) is 55.7 Å². The van der Waals surface area contributed by atoms with E-state index in [2.05, 4.69) is 33.4 Å². The van der Waals surface area contributed by atoms with Gasteiger partial charge in [0.25, 0.3) is 11.8 Å². The van der Waals surface area contributed by atoms with Crippen LogP contribution in [-0.2, 0) is 38.4 Å². The molecule has 0 saturated heterocycles. The molecular weight excluding hydrogens is 548 g/mol. The normalized spacial score (nSPS) is 17.7. The minimum Gasteiger partial charge on any atom is -0.481 e. The second-order valence-electron chi connectivity index (χ2n) is 10.8. The van der Waals surface area contributed by atoms with E-state index in [1.807, 2.05) is 26.8 Å². The average Bonchev–Trinajstić information content (AvgIpc) is 3.59. The highest BCUT2D eigenvalue weighted by Gasteiger charge is 2.28. The van der Waals surface area contributed by atoms with Gasteiger partial charge in [-0.1, -0.05) is 25.3 Å². The molecule has 10 heteroatoms. The number of carboxylic acids is 2. The molecule has 2 aromatic heterocycles. The number of hydrogen-bond acceptors (Lipinski definition) is 4. The van der Waals surface area contributed by atoms with E-state index in [4.69, 9.17) is 0 Å². The fraction of sp³-hybridized carbons (Fsp3) is 0.303. The van der Waals surface area contributed by atoms with E-state index in [1.54, 1.807) is 25.2 Å². The molecule has 2 aliphatic heterocycles. The number of aliphatic imine (C=N–C) groups is 1. The molecule has 43 heavy (non-hydrogen) atoms. The van der Waals surface area contributed by atoms with Crippen molar-refractivity contribution in [1.82, 2.24) is 15.3 Å². The molecule has 2 aromatic rings. The van der Waals surface area contributed by atoms with Gasteiger partial charge in [-0.2, -0.15) is 0 Å². The number of allylic oxidation sites excluding steroid dienone is 2. The van der Waals surface area contributed by atoms with Gasteiger partial charge in [-0.15, -0.1) is 0 Å². The number of amides is 2. The lowest BCUT2D eigenvalue weighted by atomic mass is 9.98. The van der Waals surface area contributed by atoms with E-state index in [9.17, 15) is 29.4 Å². The Kier molecular flexibility index (Phi) is 8.99. The van der Waals surface area contributed by atoms with Crippen LogP contribution in [0, 0.1) is 13.8 Å². The smallest absolute Gasteiger partial charge is 0.303 e. The molecule has 0 spiro atoms. The largest absolute Gasteiger partial charge is 0.481 e. The molecule has 0 saturated carbocycles. The molecule has 5 N–H and O–H groups in total. The van der Waals surface area contributed by atoms with Crippen molar-refractivity contribution in [2.75, 3.05) is 0 Å². The van der Waals surface area contributed by atoms with Crippen molar-refractivity contribution in [2.45, 2.75) is 65.8 Å². The van der Waals surface area contributed by atoms with E-state index in [1.165, 1.54) is 0 Å². The molecule has 0 aliphatic carbocycles. The second kappa shape index (κ2) is 12.5. The number of carbonyl (C=O) groups is 4. The first-order chi connectivity index (χ1) is 20.4. The SMILES string of the molecule is C=CC1=C(C)C(=O)N=C1/C=c1\[nH]/c(=C/c2[nH]c(CC3NC(=O)C(C=C)=C3C)c(C)c2CCC(=O)O)c(CCC(=O)O)c1C. The Morgan fingerprint density at radius 2 is 1.49 bits per heavy atom. The zero-order valence-corrected chi connectivity index (χ0v) is 24.8. The molecule has 0 radical (unpaired) electrons. The summed E-state index contributed by atoms with van der Waals surface area (Å²) in [5.74, 6) is -2.36. The van der Waals surface area contributed by atoms with Crippen molar-refractivity contribution in [3.05, 3.63) is 91.9 Å². The van der Waals surface area contributed by atoms with Gasteiger partial charge in [-0.25, -0.2) is 4.99 Å². The lowest BCUT2D eigenvalue weighted by Gasteiger charge is -2.12. The second-order valence-corrected chi connectivity index (χ2v) is 10.8. The van der Waals surface area contributed by atoms with Gasteiger partial charge >= 0.3 is 11.9 Å². The first kappa shape index (κ1) is 31.0. The number of nitrogens with zero attached hydrogens (tertiary/aromatic N) is 1. The third-order valence-corrected chi connectivity index (χ3v) is 8.25. The van der Waals surface area contributed by atoms with Crippen molar-refractivity contribution in [3.8, 4) is 0 Å². The van der Waals surface area contributed by atoms with Gasteiger partial charge in [-0.3, -0.25) is 19.2 Å². The van der Waals surface area contributed by atoms with Gasteiger partial charge < -0.3 is 25.5 Å². The van der Waals surface area contributed by atoms with Gasteiger partial charge in [0.15, 0.2) is 0 Å². The molecule has 0 aromatic carbocycles. The summed E-state index contributed by atoms with van der Waals surface area (Å²) in [6.45, 7) is 14.9. The first-order valence-electron chi connectivity index (χ1n) is 14.0. The van der Waals surface area contributed by atoms with Crippen LogP contribution < -0.4 is 16.0 Å². The highest BCUT2D eigenvalue weighted by Crippen LogP contribution is 2.26. The molecule has 1 atom stereocenters. The summed E-state index contributed by atoms with van der Waals surface area (Å²) < 4.78 is 0. The Bertz CT molecular complexity index is 1790. The summed E-state index contributed by atoms with van der Waals surface area (Å²) in [6.07, 6.45) is 7.62. The highest BCUT2D eigenvalue weighted by molar-refractivity contribution is 6.32. The maximum Gasteiger partial charge on any atom is 0.303 e. The van der Waals surface area contributed by atoms with Gasteiger partial charge in [0.1, 0.15) is 0 Å². The first-order valence-corrected chi connectivity index (χ1v) is 14.0. The minimum absolute atomic E-state index is 0.0722. The quantitative estimate of drug-likeness (QED) is 0.257. The topological polar surface area (TPSA) is 165 Å². The molecule has 2 amide bonds. The van der Waals surface area contributed by atoms with Gasteiger partial charge in [0, 0.05) is 58.1 Å². The molecule has 4 rings (SSSR count). The average molecular weight is 585 g/mol. The number of aromatic nitrogens is 2. The molecule has 1 unspecified atom stereocenters. The van der Waals surface area contributed by atoms with E-state index >= 15 is 0 Å². The zero-order chi connectivity index (χ0) is 31.6. The van der Waals surface area contributed by atoms with Crippen LogP contribution in [0.5, 0.6) is 0 Å². The molecule has 4 heterocycles. The van der Waals surface area contributed by atoms with Crippen molar-refractivity contribution >= 4 is 41.6 Å². The Morgan fingerprint density at radius 1 is 0.860 bits per heavy atom. The van der Waals surface area contributed by atoms with Crippen LogP contribution in [0.3, 0.4) is 0 Å². The minimum atomic E-state index is -0.934. The summed E-state index contributed by atoms with van der Waals surface area (Å²) in [6, 6.07) is -0.233.